The third kappa shape index (κ3) is 3.99. The Morgan fingerprint density at radius 3 is 3.05 bits per heavy atom. The molecule has 5 heteroatoms. The smallest absolute Gasteiger partial charge is 0.124 e. The van der Waals surface area contributed by atoms with E-state index in [0.29, 0.717) is 17.5 Å². The molecule has 0 aliphatic carbocycles. The average molecular weight is 332 g/mol. The van der Waals surface area contributed by atoms with Gasteiger partial charge in [-0.15, -0.1) is 0 Å². The van der Waals surface area contributed by atoms with E-state index in [-0.39, 0.29) is 11.9 Å². The predicted molar refractivity (Wildman–Crippen MR) is 75.7 cm³/mol. The second kappa shape index (κ2) is 6.79. The van der Waals surface area contributed by atoms with Crippen LogP contribution in [-0.4, -0.2) is 48.5 Å². The third-order valence-corrected chi connectivity index (χ3v) is 4.24. The monoisotopic (exact) mass is 331 g/mol. The first-order chi connectivity index (χ1) is 9.10. The van der Waals surface area contributed by atoms with Crippen molar-refractivity contribution in [1.82, 2.24) is 4.90 Å². The molecule has 0 amide bonds. The molecule has 0 saturated carbocycles. The van der Waals surface area contributed by atoms with Gasteiger partial charge in [0.2, 0.25) is 0 Å². The first-order valence-electron chi connectivity index (χ1n) is 6.56. The highest BCUT2D eigenvalue weighted by molar-refractivity contribution is 9.10. The van der Waals surface area contributed by atoms with E-state index in [0.717, 1.165) is 25.2 Å². The summed E-state index contributed by atoms with van der Waals surface area (Å²) in [6, 6.07) is 4.53. The Balaban J connectivity index is 1.98. The lowest BCUT2D eigenvalue weighted by atomic mass is 10.0. The molecule has 1 aliphatic rings. The van der Waals surface area contributed by atoms with Gasteiger partial charge in [-0.2, -0.15) is 0 Å². The van der Waals surface area contributed by atoms with Gasteiger partial charge in [0.05, 0.1) is 18.8 Å². The number of hydrogen-bond acceptors (Lipinski definition) is 3. The van der Waals surface area contributed by atoms with Crippen molar-refractivity contribution in [2.24, 2.45) is 0 Å². The van der Waals surface area contributed by atoms with Crippen molar-refractivity contribution in [3.8, 4) is 0 Å². The summed E-state index contributed by atoms with van der Waals surface area (Å²) in [7, 11) is 0. The van der Waals surface area contributed by atoms with Crippen molar-refractivity contribution in [3.05, 3.63) is 34.1 Å². The fourth-order valence-electron chi connectivity index (χ4n) is 2.30. The summed E-state index contributed by atoms with van der Waals surface area (Å²) in [6.45, 7) is 5.38. The molecule has 19 heavy (non-hydrogen) atoms. The van der Waals surface area contributed by atoms with Gasteiger partial charge in [-0.25, -0.2) is 4.39 Å². The molecule has 1 heterocycles. The average Bonchev–Trinajstić information content (AvgIpc) is 2.42. The Kier molecular flexibility index (Phi) is 5.33. The zero-order valence-corrected chi connectivity index (χ0v) is 12.6. The number of morpholine rings is 1. The Hall–Kier alpha value is -0.490. The van der Waals surface area contributed by atoms with Crippen LogP contribution >= 0.6 is 15.9 Å². The second-order valence-electron chi connectivity index (χ2n) is 4.81. The van der Waals surface area contributed by atoms with E-state index in [4.69, 9.17) is 4.74 Å². The van der Waals surface area contributed by atoms with Crippen LogP contribution in [0.1, 0.15) is 12.5 Å². The number of nitrogens with zero attached hydrogens (tertiary/aromatic N) is 1. The van der Waals surface area contributed by atoms with Gasteiger partial charge in [0, 0.05) is 24.0 Å². The lowest BCUT2D eigenvalue weighted by molar-refractivity contribution is -0.0868. The van der Waals surface area contributed by atoms with Crippen LogP contribution < -0.4 is 0 Å². The van der Waals surface area contributed by atoms with Crippen molar-refractivity contribution < 1.29 is 14.2 Å². The number of benzene rings is 1. The van der Waals surface area contributed by atoms with Crippen LogP contribution in [0.5, 0.6) is 0 Å². The largest absolute Gasteiger partial charge is 0.390 e. The van der Waals surface area contributed by atoms with E-state index in [1.807, 2.05) is 0 Å². The van der Waals surface area contributed by atoms with Crippen LogP contribution in [0.3, 0.4) is 0 Å². The van der Waals surface area contributed by atoms with E-state index < -0.39 is 6.10 Å². The van der Waals surface area contributed by atoms with Crippen LogP contribution in [0.2, 0.25) is 0 Å². The third-order valence-electron chi connectivity index (χ3n) is 3.50. The van der Waals surface area contributed by atoms with Crippen molar-refractivity contribution in [3.63, 3.8) is 0 Å². The Morgan fingerprint density at radius 2 is 2.37 bits per heavy atom. The van der Waals surface area contributed by atoms with Crippen molar-refractivity contribution in [2.45, 2.75) is 25.6 Å². The van der Waals surface area contributed by atoms with Gasteiger partial charge in [-0.1, -0.05) is 28.9 Å². The van der Waals surface area contributed by atoms with Crippen LogP contribution in [0.25, 0.3) is 0 Å². The van der Waals surface area contributed by atoms with E-state index in [2.05, 4.69) is 27.8 Å². The van der Waals surface area contributed by atoms with Gasteiger partial charge in [0.15, 0.2) is 0 Å². The van der Waals surface area contributed by atoms with Crippen LogP contribution in [-0.2, 0) is 11.2 Å². The SMILES string of the molecule is CCN1CCOC(C(O)Cc2ccc(F)cc2Br)C1. The lowest BCUT2D eigenvalue weighted by Gasteiger charge is -2.34. The number of aliphatic hydroxyl groups excluding tert-OH is 1. The molecule has 0 aromatic heterocycles. The first-order valence-corrected chi connectivity index (χ1v) is 7.35. The van der Waals surface area contributed by atoms with Crippen molar-refractivity contribution >= 4 is 15.9 Å². The van der Waals surface area contributed by atoms with Crippen molar-refractivity contribution in [2.75, 3.05) is 26.2 Å². The van der Waals surface area contributed by atoms with E-state index in [9.17, 15) is 9.50 Å². The fraction of sp³-hybridized carbons (Fsp3) is 0.571. The molecule has 1 fully saturated rings. The predicted octanol–water partition coefficient (Wildman–Crippen LogP) is 2.21. The van der Waals surface area contributed by atoms with Gasteiger partial charge in [-0.05, 0) is 24.2 Å². The number of likely N-dealkylation sites (N-methyl/N-ethyl adjacent to an activating group) is 1. The normalized spacial score (nSPS) is 22.4. The lowest BCUT2D eigenvalue weighted by Crippen LogP contribution is -2.48. The molecular formula is C14H19BrFNO2. The maximum atomic E-state index is 13.0. The summed E-state index contributed by atoms with van der Waals surface area (Å²) in [6.07, 6.45) is -0.287. The topological polar surface area (TPSA) is 32.7 Å². The summed E-state index contributed by atoms with van der Waals surface area (Å²) < 4.78 is 19.3. The number of rotatable bonds is 4. The van der Waals surface area contributed by atoms with Gasteiger partial charge < -0.3 is 9.84 Å². The number of hydrogen-bond donors (Lipinski definition) is 1. The molecule has 0 spiro atoms. The second-order valence-corrected chi connectivity index (χ2v) is 5.66. The van der Waals surface area contributed by atoms with Gasteiger partial charge >= 0.3 is 0 Å². The van der Waals surface area contributed by atoms with Gasteiger partial charge in [0.1, 0.15) is 5.82 Å². The molecule has 2 unspecified atom stereocenters. The highest BCUT2D eigenvalue weighted by atomic mass is 79.9. The van der Waals surface area contributed by atoms with Crippen LogP contribution in [0.15, 0.2) is 22.7 Å². The zero-order chi connectivity index (χ0) is 13.8. The molecule has 1 aromatic rings. The summed E-state index contributed by atoms with van der Waals surface area (Å²) >= 11 is 3.32. The Labute approximate surface area is 121 Å². The molecule has 1 saturated heterocycles. The molecular weight excluding hydrogens is 313 g/mol. The van der Waals surface area contributed by atoms with Crippen LogP contribution in [0, 0.1) is 5.82 Å². The minimum atomic E-state index is -0.573. The molecule has 1 N–H and O–H groups in total. The standard InChI is InChI=1S/C14H19BrFNO2/c1-2-17-5-6-19-14(9-17)13(18)7-10-3-4-11(16)8-12(10)15/h3-4,8,13-14,18H,2,5-7,9H2,1H3. The summed E-state index contributed by atoms with van der Waals surface area (Å²) in [4.78, 5) is 2.26. The molecule has 2 atom stereocenters. The minimum Gasteiger partial charge on any atom is -0.390 e. The first kappa shape index (κ1) is 14.9. The Bertz CT molecular complexity index is 430. The fourth-order valence-corrected chi connectivity index (χ4v) is 2.81. The molecule has 2 rings (SSSR count). The van der Waals surface area contributed by atoms with Crippen molar-refractivity contribution in [1.29, 1.82) is 0 Å². The summed E-state index contributed by atoms with van der Waals surface area (Å²) in [5, 5.41) is 10.3. The highest BCUT2D eigenvalue weighted by Gasteiger charge is 2.26. The number of aliphatic hydroxyl groups is 1. The maximum absolute atomic E-state index is 13.0. The molecule has 106 valence electrons. The van der Waals surface area contributed by atoms with E-state index in [1.54, 1.807) is 6.07 Å². The molecule has 3 nitrogen and oxygen atoms in total. The quantitative estimate of drug-likeness (QED) is 0.918. The molecule has 0 radical (unpaired) electrons. The maximum Gasteiger partial charge on any atom is 0.124 e. The molecule has 1 aliphatic heterocycles. The summed E-state index contributed by atoms with van der Waals surface area (Å²) in [5.41, 5.74) is 0.895. The van der Waals surface area contributed by atoms with Gasteiger partial charge in [0.25, 0.3) is 0 Å². The Morgan fingerprint density at radius 1 is 1.58 bits per heavy atom. The van der Waals surface area contributed by atoms with Gasteiger partial charge in [-0.3, -0.25) is 4.90 Å². The minimum absolute atomic E-state index is 0.175. The zero-order valence-electron chi connectivity index (χ0n) is 11.0. The van der Waals surface area contributed by atoms with E-state index >= 15 is 0 Å². The highest BCUT2D eigenvalue weighted by Crippen LogP contribution is 2.21. The molecule has 0 bridgehead atoms. The number of halogens is 2. The number of ether oxygens (including phenoxy) is 1. The van der Waals surface area contributed by atoms with Crippen LogP contribution in [0.4, 0.5) is 4.39 Å². The molecule has 1 aromatic carbocycles. The summed E-state index contributed by atoms with van der Waals surface area (Å²) in [5.74, 6) is -0.281. The van der Waals surface area contributed by atoms with E-state index in [1.165, 1.54) is 12.1 Å².